The zero-order valence-electron chi connectivity index (χ0n) is 9.88. The van der Waals surface area contributed by atoms with Gasteiger partial charge in [-0.1, -0.05) is 48.8 Å². The van der Waals surface area contributed by atoms with Crippen LogP contribution in [-0.2, 0) is 6.42 Å². The van der Waals surface area contributed by atoms with E-state index in [1.54, 1.807) is 7.11 Å². The lowest BCUT2D eigenvalue weighted by atomic mass is 9.88. The third kappa shape index (κ3) is 3.86. The molecule has 0 heterocycles. The van der Waals surface area contributed by atoms with E-state index in [0.29, 0.717) is 10.2 Å². The number of halogens is 1. The zero-order valence-corrected chi connectivity index (χ0v) is 11.5. The first-order chi connectivity index (χ1) is 6.93. The topological polar surface area (TPSA) is 9.23 Å². The summed E-state index contributed by atoms with van der Waals surface area (Å²) in [6, 6.07) is 8.27. The third-order valence-corrected chi connectivity index (χ3v) is 4.21. The quantitative estimate of drug-likeness (QED) is 0.754. The largest absolute Gasteiger partial charge is 0.497 e. The maximum Gasteiger partial charge on any atom is 0.118 e. The Bertz CT molecular complexity index is 297. The van der Waals surface area contributed by atoms with Crippen LogP contribution < -0.4 is 4.74 Å². The Labute approximate surface area is 101 Å². The molecular weight excluding hydrogens is 252 g/mol. The molecule has 0 bridgehead atoms. The molecule has 0 amide bonds. The fraction of sp³-hybridized carbons (Fsp3) is 0.538. The van der Waals surface area contributed by atoms with Crippen molar-refractivity contribution >= 4 is 15.9 Å². The van der Waals surface area contributed by atoms with Gasteiger partial charge in [0.1, 0.15) is 5.75 Å². The molecule has 0 aliphatic rings. The van der Waals surface area contributed by atoms with Crippen LogP contribution in [0.4, 0.5) is 0 Å². The molecule has 1 aromatic carbocycles. The van der Waals surface area contributed by atoms with Crippen molar-refractivity contribution in [2.45, 2.75) is 32.0 Å². The monoisotopic (exact) mass is 270 g/mol. The van der Waals surface area contributed by atoms with E-state index < -0.39 is 0 Å². The lowest BCUT2D eigenvalue weighted by Crippen LogP contribution is -2.22. The van der Waals surface area contributed by atoms with Gasteiger partial charge < -0.3 is 4.74 Å². The maximum atomic E-state index is 5.13. The van der Waals surface area contributed by atoms with E-state index in [9.17, 15) is 0 Å². The van der Waals surface area contributed by atoms with E-state index in [1.807, 2.05) is 12.1 Å². The summed E-state index contributed by atoms with van der Waals surface area (Å²) < 4.78 is 5.13. The summed E-state index contributed by atoms with van der Waals surface area (Å²) in [7, 11) is 1.69. The third-order valence-electron chi connectivity index (χ3n) is 2.51. The van der Waals surface area contributed by atoms with Gasteiger partial charge in [-0.15, -0.1) is 0 Å². The summed E-state index contributed by atoms with van der Waals surface area (Å²) in [6.07, 6.45) is 1.05. The second-order valence-electron chi connectivity index (χ2n) is 4.89. The number of rotatable bonds is 3. The van der Waals surface area contributed by atoms with Crippen molar-refractivity contribution in [3.05, 3.63) is 29.8 Å². The Morgan fingerprint density at radius 1 is 1.20 bits per heavy atom. The molecule has 1 rings (SSSR count). The van der Waals surface area contributed by atoms with Crippen molar-refractivity contribution < 1.29 is 4.74 Å². The van der Waals surface area contributed by atoms with Gasteiger partial charge >= 0.3 is 0 Å². The molecule has 2 heteroatoms. The highest BCUT2D eigenvalue weighted by molar-refractivity contribution is 9.09. The molecule has 15 heavy (non-hydrogen) atoms. The van der Waals surface area contributed by atoms with Crippen molar-refractivity contribution in [2.24, 2.45) is 5.41 Å². The Morgan fingerprint density at radius 2 is 1.73 bits per heavy atom. The summed E-state index contributed by atoms with van der Waals surface area (Å²) in [5.41, 5.74) is 1.63. The van der Waals surface area contributed by atoms with Gasteiger partial charge in [-0.05, 0) is 29.5 Å². The van der Waals surface area contributed by atoms with Crippen molar-refractivity contribution in [1.82, 2.24) is 0 Å². The number of benzene rings is 1. The summed E-state index contributed by atoms with van der Waals surface area (Å²) in [5, 5.41) is 0. The van der Waals surface area contributed by atoms with Crippen LogP contribution in [0.15, 0.2) is 24.3 Å². The van der Waals surface area contributed by atoms with Gasteiger partial charge in [-0.2, -0.15) is 0 Å². The van der Waals surface area contributed by atoms with Gasteiger partial charge in [-0.25, -0.2) is 0 Å². The second kappa shape index (κ2) is 5.02. The SMILES string of the molecule is COc1ccc(CC(Br)C(C)(C)C)cc1. The fourth-order valence-corrected chi connectivity index (χ4v) is 1.65. The van der Waals surface area contributed by atoms with Crippen molar-refractivity contribution in [3.8, 4) is 5.75 Å². The molecule has 0 aliphatic heterocycles. The second-order valence-corrected chi connectivity index (χ2v) is 5.99. The average Bonchev–Trinajstić information content (AvgIpc) is 2.17. The van der Waals surface area contributed by atoms with Gasteiger partial charge in [-0.3, -0.25) is 0 Å². The molecule has 0 spiro atoms. The fourth-order valence-electron chi connectivity index (χ4n) is 1.27. The van der Waals surface area contributed by atoms with Gasteiger partial charge in [0.15, 0.2) is 0 Å². The molecule has 0 aromatic heterocycles. The van der Waals surface area contributed by atoms with Crippen LogP contribution in [-0.4, -0.2) is 11.9 Å². The first kappa shape index (κ1) is 12.6. The highest BCUT2D eigenvalue weighted by atomic mass is 79.9. The number of methoxy groups -OCH3 is 1. The van der Waals surface area contributed by atoms with Gasteiger partial charge in [0, 0.05) is 4.83 Å². The van der Waals surface area contributed by atoms with Crippen LogP contribution >= 0.6 is 15.9 Å². The van der Waals surface area contributed by atoms with Crippen LogP contribution in [0.1, 0.15) is 26.3 Å². The number of alkyl halides is 1. The normalized spacial score (nSPS) is 13.7. The van der Waals surface area contributed by atoms with Crippen LogP contribution in [0.5, 0.6) is 5.75 Å². The van der Waals surface area contributed by atoms with Crippen molar-refractivity contribution in [3.63, 3.8) is 0 Å². The molecule has 0 radical (unpaired) electrons. The first-order valence-corrected chi connectivity index (χ1v) is 6.12. The van der Waals surface area contributed by atoms with E-state index in [0.717, 1.165) is 12.2 Å². The van der Waals surface area contributed by atoms with E-state index >= 15 is 0 Å². The maximum absolute atomic E-state index is 5.13. The van der Waals surface area contributed by atoms with E-state index in [4.69, 9.17) is 4.74 Å². The molecule has 0 aliphatic carbocycles. The van der Waals surface area contributed by atoms with Crippen molar-refractivity contribution in [2.75, 3.05) is 7.11 Å². The van der Waals surface area contributed by atoms with E-state index in [2.05, 4.69) is 48.8 Å². The molecule has 0 N–H and O–H groups in total. The lowest BCUT2D eigenvalue weighted by molar-refractivity contribution is 0.397. The minimum absolute atomic E-state index is 0.292. The van der Waals surface area contributed by atoms with Crippen LogP contribution in [0.3, 0.4) is 0 Å². The van der Waals surface area contributed by atoms with Gasteiger partial charge in [0.05, 0.1) is 7.11 Å². The van der Waals surface area contributed by atoms with Crippen LogP contribution in [0, 0.1) is 5.41 Å². The summed E-state index contributed by atoms with van der Waals surface area (Å²) in [6.45, 7) is 6.74. The molecule has 0 fully saturated rings. The van der Waals surface area contributed by atoms with E-state index in [-0.39, 0.29) is 0 Å². The molecule has 0 saturated heterocycles. The molecule has 1 nitrogen and oxygen atoms in total. The molecule has 1 atom stereocenters. The molecule has 0 saturated carbocycles. The molecule has 84 valence electrons. The molecule has 1 aromatic rings. The summed E-state index contributed by atoms with van der Waals surface area (Å²) in [5.74, 6) is 0.917. The van der Waals surface area contributed by atoms with Crippen molar-refractivity contribution in [1.29, 1.82) is 0 Å². The van der Waals surface area contributed by atoms with Gasteiger partial charge in [0.2, 0.25) is 0 Å². The Morgan fingerprint density at radius 3 is 2.13 bits per heavy atom. The average molecular weight is 271 g/mol. The predicted octanol–water partition coefficient (Wildman–Crippen LogP) is 4.05. The minimum Gasteiger partial charge on any atom is -0.497 e. The highest BCUT2D eigenvalue weighted by Gasteiger charge is 2.21. The summed E-state index contributed by atoms with van der Waals surface area (Å²) >= 11 is 3.74. The summed E-state index contributed by atoms with van der Waals surface area (Å²) in [4.78, 5) is 0.499. The molecular formula is C13H19BrO. The Balaban J connectivity index is 2.65. The number of hydrogen-bond acceptors (Lipinski definition) is 1. The Kier molecular flexibility index (Phi) is 4.21. The Hall–Kier alpha value is -0.500. The van der Waals surface area contributed by atoms with Crippen LogP contribution in [0.2, 0.25) is 0 Å². The van der Waals surface area contributed by atoms with E-state index in [1.165, 1.54) is 5.56 Å². The highest BCUT2D eigenvalue weighted by Crippen LogP contribution is 2.29. The van der Waals surface area contributed by atoms with Crippen LogP contribution in [0.25, 0.3) is 0 Å². The lowest BCUT2D eigenvalue weighted by Gasteiger charge is -2.25. The zero-order chi connectivity index (χ0) is 11.5. The number of hydrogen-bond donors (Lipinski definition) is 0. The predicted molar refractivity (Wildman–Crippen MR) is 68.9 cm³/mol. The first-order valence-electron chi connectivity index (χ1n) is 5.20. The molecule has 1 unspecified atom stereocenters. The standard InChI is InChI=1S/C13H19BrO/c1-13(2,3)12(14)9-10-5-7-11(15-4)8-6-10/h5-8,12H,9H2,1-4H3. The minimum atomic E-state index is 0.292. The van der Waals surface area contributed by atoms with Gasteiger partial charge in [0.25, 0.3) is 0 Å². The smallest absolute Gasteiger partial charge is 0.118 e. The number of ether oxygens (including phenoxy) is 1.